The Bertz CT molecular complexity index is 1190. The predicted molar refractivity (Wildman–Crippen MR) is 105 cm³/mol. The molecule has 1 saturated heterocycles. The molecule has 4 heterocycles. The molecule has 9 heteroatoms. The average molecular weight is 395 g/mol. The van der Waals surface area contributed by atoms with Crippen molar-refractivity contribution in [1.82, 2.24) is 24.0 Å². The first-order valence-electron chi connectivity index (χ1n) is 9.31. The van der Waals surface area contributed by atoms with E-state index in [1.807, 2.05) is 18.2 Å². The number of hydrogen-bond donors (Lipinski definition) is 0. The third-order valence-electron chi connectivity index (χ3n) is 5.13. The van der Waals surface area contributed by atoms with Crippen LogP contribution in [0.15, 0.2) is 46.1 Å². The monoisotopic (exact) mass is 395 g/mol. The predicted octanol–water partition coefficient (Wildman–Crippen LogP) is 0.170. The van der Waals surface area contributed by atoms with Crippen molar-refractivity contribution < 1.29 is 9.53 Å². The normalized spacial score (nSPS) is 16.9. The van der Waals surface area contributed by atoms with Gasteiger partial charge >= 0.3 is 5.69 Å². The van der Waals surface area contributed by atoms with Crippen LogP contribution in [0.2, 0.25) is 0 Å². The zero-order valence-corrected chi connectivity index (χ0v) is 16.2. The topological polar surface area (TPSA) is 99.3 Å². The molecule has 0 radical (unpaired) electrons. The van der Waals surface area contributed by atoms with Crippen molar-refractivity contribution in [3.05, 3.63) is 68.8 Å². The van der Waals surface area contributed by atoms with Gasteiger partial charge in [-0.2, -0.15) is 0 Å². The number of fused-ring (bicyclic) bond motifs is 1. The summed E-state index contributed by atoms with van der Waals surface area (Å²) >= 11 is 0. The van der Waals surface area contributed by atoms with Crippen LogP contribution in [0.5, 0.6) is 0 Å². The molecule has 0 N–H and O–H groups in total. The molecule has 0 aliphatic carbocycles. The molecule has 1 aliphatic heterocycles. The van der Waals surface area contributed by atoms with Crippen LogP contribution in [-0.4, -0.2) is 49.6 Å². The average Bonchev–Trinajstić information content (AvgIpc) is 2.76. The Hall–Kier alpha value is -3.33. The molecule has 1 fully saturated rings. The van der Waals surface area contributed by atoms with E-state index in [4.69, 9.17) is 4.74 Å². The summed E-state index contributed by atoms with van der Waals surface area (Å²) in [5.74, 6) is -0.0286. The maximum Gasteiger partial charge on any atom is 0.332 e. The largest absolute Gasteiger partial charge is 0.368 e. The molecular weight excluding hydrogens is 374 g/mol. The van der Waals surface area contributed by atoms with Gasteiger partial charge in [0.05, 0.1) is 30.7 Å². The SMILES string of the molecule is Cn1c(=O)c2ccc(C3CN(C(=O)Cc4ccccn4)CCO3)nc2n(C)c1=O. The molecule has 1 atom stereocenters. The van der Waals surface area contributed by atoms with Crippen molar-refractivity contribution in [3.63, 3.8) is 0 Å². The van der Waals surface area contributed by atoms with Gasteiger partial charge in [0, 0.05) is 32.5 Å². The zero-order chi connectivity index (χ0) is 20.5. The van der Waals surface area contributed by atoms with E-state index in [2.05, 4.69) is 9.97 Å². The van der Waals surface area contributed by atoms with Crippen LogP contribution in [0.25, 0.3) is 11.0 Å². The van der Waals surface area contributed by atoms with Crippen LogP contribution < -0.4 is 11.2 Å². The highest BCUT2D eigenvalue weighted by molar-refractivity contribution is 5.78. The Balaban J connectivity index is 1.60. The van der Waals surface area contributed by atoms with E-state index in [1.165, 1.54) is 11.6 Å². The van der Waals surface area contributed by atoms with E-state index in [9.17, 15) is 14.4 Å². The number of amides is 1. The Kier molecular flexibility index (Phi) is 4.98. The number of morpholine rings is 1. The van der Waals surface area contributed by atoms with Gasteiger partial charge in [-0.1, -0.05) is 6.07 Å². The van der Waals surface area contributed by atoms with Gasteiger partial charge < -0.3 is 9.64 Å². The van der Waals surface area contributed by atoms with Crippen molar-refractivity contribution in [2.24, 2.45) is 14.1 Å². The van der Waals surface area contributed by atoms with Gasteiger partial charge in [-0.25, -0.2) is 9.78 Å². The Morgan fingerprint density at radius 3 is 2.76 bits per heavy atom. The van der Waals surface area contributed by atoms with Crippen LogP contribution in [0.4, 0.5) is 0 Å². The number of nitrogens with zero attached hydrogens (tertiary/aromatic N) is 5. The van der Waals surface area contributed by atoms with Crippen molar-refractivity contribution in [2.45, 2.75) is 12.5 Å². The molecule has 0 aromatic carbocycles. The highest BCUT2D eigenvalue weighted by Crippen LogP contribution is 2.22. The fourth-order valence-corrected chi connectivity index (χ4v) is 3.47. The Labute approximate surface area is 166 Å². The summed E-state index contributed by atoms with van der Waals surface area (Å²) in [6, 6.07) is 8.85. The minimum absolute atomic E-state index is 0.0286. The van der Waals surface area contributed by atoms with Gasteiger partial charge in [-0.15, -0.1) is 0 Å². The molecular formula is C20H21N5O4. The lowest BCUT2D eigenvalue weighted by atomic mass is 10.1. The third kappa shape index (κ3) is 3.56. The van der Waals surface area contributed by atoms with E-state index in [0.29, 0.717) is 36.4 Å². The first kappa shape index (κ1) is 19.0. The summed E-state index contributed by atoms with van der Waals surface area (Å²) in [6.45, 7) is 1.23. The second kappa shape index (κ2) is 7.59. The van der Waals surface area contributed by atoms with Crippen LogP contribution in [-0.2, 0) is 30.0 Å². The fourth-order valence-electron chi connectivity index (χ4n) is 3.47. The van der Waals surface area contributed by atoms with Crippen LogP contribution in [0.3, 0.4) is 0 Å². The van der Waals surface area contributed by atoms with Gasteiger partial charge in [0.2, 0.25) is 5.91 Å². The second-order valence-electron chi connectivity index (χ2n) is 7.01. The third-order valence-corrected chi connectivity index (χ3v) is 5.13. The first-order chi connectivity index (χ1) is 14.0. The molecule has 29 heavy (non-hydrogen) atoms. The summed E-state index contributed by atoms with van der Waals surface area (Å²) in [5, 5.41) is 0.359. The molecule has 4 rings (SSSR count). The summed E-state index contributed by atoms with van der Waals surface area (Å²) in [5.41, 5.74) is 0.769. The number of rotatable bonds is 3. The molecule has 1 unspecified atom stereocenters. The lowest BCUT2D eigenvalue weighted by Crippen LogP contribution is -2.43. The molecule has 0 bridgehead atoms. The highest BCUT2D eigenvalue weighted by atomic mass is 16.5. The number of carbonyl (C=O) groups excluding carboxylic acids is 1. The fraction of sp³-hybridized carbons (Fsp3) is 0.350. The standard InChI is InChI=1S/C20H21N5O4/c1-23-18-14(19(27)24(2)20(23)28)6-7-15(22-18)16-12-25(9-10-29-16)17(26)11-13-5-3-4-8-21-13/h3-8,16H,9-12H2,1-2H3. The minimum Gasteiger partial charge on any atom is -0.368 e. The Morgan fingerprint density at radius 2 is 2.00 bits per heavy atom. The highest BCUT2D eigenvalue weighted by Gasteiger charge is 2.27. The van der Waals surface area contributed by atoms with Crippen molar-refractivity contribution in [2.75, 3.05) is 19.7 Å². The van der Waals surface area contributed by atoms with Gasteiger partial charge in [0.1, 0.15) is 11.8 Å². The van der Waals surface area contributed by atoms with E-state index < -0.39 is 11.8 Å². The number of hydrogen-bond acceptors (Lipinski definition) is 6. The van der Waals surface area contributed by atoms with Crippen molar-refractivity contribution in [3.8, 4) is 0 Å². The van der Waals surface area contributed by atoms with Gasteiger partial charge in [0.25, 0.3) is 5.56 Å². The van der Waals surface area contributed by atoms with Crippen molar-refractivity contribution >= 4 is 16.9 Å². The van der Waals surface area contributed by atoms with Gasteiger partial charge in [0.15, 0.2) is 0 Å². The lowest BCUT2D eigenvalue weighted by Gasteiger charge is -2.32. The molecule has 0 saturated carbocycles. The van der Waals surface area contributed by atoms with Gasteiger partial charge in [-0.3, -0.25) is 23.7 Å². The number of aromatic nitrogens is 4. The van der Waals surface area contributed by atoms with Gasteiger partial charge in [-0.05, 0) is 24.3 Å². The summed E-state index contributed by atoms with van der Waals surface area (Å²) in [7, 11) is 3.01. The maximum absolute atomic E-state index is 12.7. The molecule has 3 aromatic heterocycles. The number of carbonyl (C=O) groups is 1. The van der Waals surface area contributed by atoms with E-state index >= 15 is 0 Å². The molecule has 1 amide bonds. The van der Waals surface area contributed by atoms with E-state index in [-0.39, 0.29) is 17.9 Å². The Morgan fingerprint density at radius 1 is 1.17 bits per heavy atom. The number of ether oxygens (including phenoxy) is 1. The first-order valence-corrected chi connectivity index (χ1v) is 9.31. The molecule has 0 spiro atoms. The van der Waals surface area contributed by atoms with Crippen molar-refractivity contribution in [1.29, 1.82) is 0 Å². The lowest BCUT2D eigenvalue weighted by molar-refractivity contribution is -0.138. The smallest absolute Gasteiger partial charge is 0.332 e. The molecule has 1 aliphatic rings. The van der Waals surface area contributed by atoms with Crippen LogP contribution in [0, 0.1) is 0 Å². The zero-order valence-electron chi connectivity index (χ0n) is 16.2. The quantitative estimate of drug-likeness (QED) is 0.627. The number of pyridine rings is 2. The molecule has 150 valence electrons. The molecule has 3 aromatic rings. The van der Waals surface area contributed by atoms with E-state index in [1.54, 1.807) is 30.3 Å². The second-order valence-corrected chi connectivity index (χ2v) is 7.01. The van der Waals surface area contributed by atoms with Crippen LogP contribution >= 0.6 is 0 Å². The molecule has 9 nitrogen and oxygen atoms in total. The summed E-state index contributed by atoms with van der Waals surface area (Å²) < 4.78 is 8.22. The minimum atomic E-state index is -0.441. The van der Waals surface area contributed by atoms with Crippen LogP contribution in [0.1, 0.15) is 17.5 Å². The van der Waals surface area contributed by atoms with E-state index in [0.717, 1.165) is 10.3 Å². The maximum atomic E-state index is 12.7. The number of aryl methyl sites for hydroxylation is 1. The summed E-state index contributed by atoms with van der Waals surface area (Å²) in [6.07, 6.45) is 1.46. The summed E-state index contributed by atoms with van der Waals surface area (Å²) in [4.78, 5) is 47.6.